The topological polar surface area (TPSA) is 99.0 Å². The summed E-state index contributed by atoms with van der Waals surface area (Å²) in [6.07, 6.45) is 4.48. The van der Waals surface area contributed by atoms with Crippen molar-refractivity contribution in [3.63, 3.8) is 0 Å². The molecule has 0 saturated carbocycles. The van der Waals surface area contributed by atoms with E-state index in [-0.39, 0.29) is 17.2 Å². The van der Waals surface area contributed by atoms with Crippen molar-refractivity contribution < 1.29 is 9.34 Å². The van der Waals surface area contributed by atoms with Crippen molar-refractivity contribution in [3.8, 4) is 0 Å². The van der Waals surface area contributed by atoms with Crippen molar-refractivity contribution in [2.24, 2.45) is 7.05 Å². The second-order valence-corrected chi connectivity index (χ2v) is 4.60. The number of rotatable bonds is 5. The molecule has 0 spiro atoms. The number of aryl methyl sites for hydroxylation is 1. The van der Waals surface area contributed by atoms with Gasteiger partial charge in [0.2, 0.25) is 0 Å². The molecule has 2 aromatic heterocycles. The lowest BCUT2D eigenvalue weighted by molar-refractivity contribution is -0.383. The third kappa shape index (κ3) is 2.69. The van der Waals surface area contributed by atoms with Crippen LogP contribution in [0.15, 0.2) is 35.0 Å². The summed E-state index contributed by atoms with van der Waals surface area (Å²) in [7, 11) is 1.86. The lowest BCUT2D eigenvalue weighted by Gasteiger charge is -1.98. The summed E-state index contributed by atoms with van der Waals surface area (Å²) in [5.74, 6) is 0. The summed E-state index contributed by atoms with van der Waals surface area (Å²) >= 11 is 0. The van der Waals surface area contributed by atoms with Gasteiger partial charge in [-0.25, -0.2) is 0 Å². The highest BCUT2D eigenvalue weighted by molar-refractivity contribution is 5.83. The minimum absolute atomic E-state index is 0.0587. The fourth-order valence-corrected chi connectivity index (χ4v) is 2.07. The van der Waals surface area contributed by atoms with Crippen LogP contribution < -0.4 is 5.32 Å². The number of oxazole rings is 1. The minimum Gasteiger partial charge on any atom is -0.423 e. The molecular formula is C13H13N5O3. The number of nitro groups is 1. The van der Waals surface area contributed by atoms with E-state index in [1.54, 1.807) is 23.0 Å². The number of para-hydroxylation sites is 1. The van der Waals surface area contributed by atoms with Crippen LogP contribution in [0.5, 0.6) is 0 Å². The molecule has 1 N–H and O–H groups in total. The van der Waals surface area contributed by atoms with Crippen LogP contribution in [0, 0.1) is 10.1 Å². The van der Waals surface area contributed by atoms with E-state index in [9.17, 15) is 10.1 Å². The Balaban J connectivity index is 1.73. The SMILES string of the molecule is Cn1cc(CCNc2nc3c([N+](=O)[O-])cccc3o2)cn1. The van der Waals surface area contributed by atoms with E-state index in [0.29, 0.717) is 12.1 Å². The van der Waals surface area contributed by atoms with E-state index in [2.05, 4.69) is 15.4 Å². The molecule has 8 heteroatoms. The van der Waals surface area contributed by atoms with Gasteiger partial charge in [-0.15, -0.1) is 0 Å². The van der Waals surface area contributed by atoms with Crippen molar-refractivity contribution in [3.05, 3.63) is 46.3 Å². The average molecular weight is 287 g/mol. The molecule has 0 amide bonds. The van der Waals surface area contributed by atoms with E-state index in [0.717, 1.165) is 12.0 Å². The van der Waals surface area contributed by atoms with E-state index in [4.69, 9.17) is 4.42 Å². The van der Waals surface area contributed by atoms with Gasteiger partial charge in [0.25, 0.3) is 11.7 Å². The number of anilines is 1. The van der Waals surface area contributed by atoms with Crippen LogP contribution in [0.3, 0.4) is 0 Å². The van der Waals surface area contributed by atoms with Gasteiger partial charge in [-0.1, -0.05) is 6.07 Å². The molecule has 1 aromatic carbocycles. The second kappa shape index (κ2) is 5.23. The van der Waals surface area contributed by atoms with Crippen LogP contribution in [0.2, 0.25) is 0 Å². The highest BCUT2D eigenvalue weighted by atomic mass is 16.6. The van der Waals surface area contributed by atoms with E-state index in [1.165, 1.54) is 6.07 Å². The van der Waals surface area contributed by atoms with Crippen molar-refractivity contribution >= 4 is 22.8 Å². The Kier molecular flexibility index (Phi) is 3.27. The molecular weight excluding hydrogens is 274 g/mol. The van der Waals surface area contributed by atoms with Gasteiger partial charge in [-0.05, 0) is 18.1 Å². The van der Waals surface area contributed by atoms with Crippen LogP contribution in [-0.2, 0) is 13.5 Å². The number of aromatic nitrogens is 3. The van der Waals surface area contributed by atoms with Crippen LogP contribution in [0.1, 0.15) is 5.56 Å². The molecule has 3 aromatic rings. The van der Waals surface area contributed by atoms with Gasteiger partial charge in [-0.2, -0.15) is 10.1 Å². The highest BCUT2D eigenvalue weighted by Gasteiger charge is 2.17. The molecule has 21 heavy (non-hydrogen) atoms. The molecule has 0 saturated heterocycles. The number of non-ortho nitro benzene ring substituents is 1. The molecule has 2 heterocycles. The van der Waals surface area contributed by atoms with E-state index >= 15 is 0 Å². The molecule has 0 bridgehead atoms. The van der Waals surface area contributed by atoms with Crippen molar-refractivity contribution in [2.75, 3.05) is 11.9 Å². The first kappa shape index (κ1) is 13.1. The number of fused-ring (bicyclic) bond motifs is 1. The average Bonchev–Trinajstić information content (AvgIpc) is 3.04. The minimum atomic E-state index is -0.468. The monoisotopic (exact) mass is 287 g/mol. The molecule has 0 aliphatic rings. The summed E-state index contributed by atoms with van der Waals surface area (Å²) in [6, 6.07) is 4.92. The number of nitrogens with zero attached hydrogens (tertiary/aromatic N) is 4. The summed E-state index contributed by atoms with van der Waals surface area (Å²) < 4.78 is 7.19. The highest BCUT2D eigenvalue weighted by Crippen LogP contribution is 2.27. The molecule has 0 unspecified atom stereocenters. The maximum Gasteiger partial charge on any atom is 0.298 e. The van der Waals surface area contributed by atoms with Crippen LogP contribution in [-0.4, -0.2) is 26.2 Å². The molecule has 0 aliphatic carbocycles. The van der Waals surface area contributed by atoms with Crippen molar-refractivity contribution in [1.82, 2.24) is 14.8 Å². The number of nitro benzene ring substituents is 1. The first-order valence-corrected chi connectivity index (χ1v) is 6.39. The molecule has 0 fully saturated rings. The maximum atomic E-state index is 10.9. The Morgan fingerprint density at radius 3 is 3.05 bits per heavy atom. The Morgan fingerprint density at radius 1 is 1.48 bits per heavy atom. The molecule has 0 atom stereocenters. The standard InChI is InChI=1S/C13H13N5O3/c1-17-8-9(7-15-17)5-6-14-13-16-12-10(18(19)20)3-2-4-11(12)21-13/h2-4,7-8H,5-6H2,1H3,(H,14,16). The van der Waals surface area contributed by atoms with Gasteiger partial charge in [-0.3, -0.25) is 14.8 Å². The molecule has 0 aliphatic heterocycles. The smallest absolute Gasteiger partial charge is 0.298 e. The zero-order valence-electron chi connectivity index (χ0n) is 11.3. The van der Waals surface area contributed by atoms with E-state index < -0.39 is 4.92 Å². The Hall–Kier alpha value is -2.90. The predicted molar refractivity (Wildman–Crippen MR) is 76.1 cm³/mol. The summed E-state index contributed by atoms with van der Waals surface area (Å²) in [6.45, 7) is 0.603. The predicted octanol–water partition coefficient (Wildman–Crippen LogP) is 2.12. The first-order valence-electron chi connectivity index (χ1n) is 6.39. The quantitative estimate of drug-likeness (QED) is 0.570. The van der Waals surface area contributed by atoms with Crippen LogP contribution >= 0.6 is 0 Å². The summed E-state index contributed by atoms with van der Waals surface area (Å²) in [5.41, 5.74) is 1.68. The number of hydrogen-bond acceptors (Lipinski definition) is 6. The third-order valence-corrected chi connectivity index (χ3v) is 3.04. The zero-order valence-corrected chi connectivity index (χ0v) is 11.3. The molecule has 8 nitrogen and oxygen atoms in total. The van der Waals surface area contributed by atoms with Crippen molar-refractivity contribution in [2.45, 2.75) is 6.42 Å². The lowest BCUT2D eigenvalue weighted by Crippen LogP contribution is -2.04. The second-order valence-electron chi connectivity index (χ2n) is 4.60. The van der Waals surface area contributed by atoms with Gasteiger partial charge in [0.15, 0.2) is 11.1 Å². The molecule has 108 valence electrons. The van der Waals surface area contributed by atoms with E-state index in [1.807, 2.05) is 13.2 Å². The summed E-state index contributed by atoms with van der Waals surface area (Å²) in [4.78, 5) is 14.6. The fraction of sp³-hybridized carbons (Fsp3) is 0.231. The Morgan fingerprint density at radius 2 is 2.33 bits per heavy atom. The molecule has 3 rings (SSSR count). The largest absolute Gasteiger partial charge is 0.423 e. The Labute approximate surface area is 119 Å². The van der Waals surface area contributed by atoms with Gasteiger partial charge in [0.1, 0.15) is 0 Å². The maximum absolute atomic E-state index is 10.9. The van der Waals surface area contributed by atoms with Gasteiger partial charge < -0.3 is 9.73 Å². The van der Waals surface area contributed by atoms with Crippen molar-refractivity contribution in [1.29, 1.82) is 0 Å². The zero-order chi connectivity index (χ0) is 14.8. The number of nitrogens with one attached hydrogen (secondary N) is 1. The first-order chi connectivity index (χ1) is 10.1. The summed E-state index contributed by atoms with van der Waals surface area (Å²) in [5, 5.41) is 18.0. The normalized spacial score (nSPS) is 10.9. The number of hydrogen-bond donors (Lipinski definition) is 1. The Bertz CT molecular complexity index is 792. The van der Waals surface area contributed by atoms with Crippen LogP contribution in [0.25, 0.3) is 11.1 Å². The van der Waals surface area contributed by atoms with Gasteiger partial charge in [0.05, 0.1) is 11.1 Å². The molecule has 0 radical (unpaired) electrons. The van der Waals surface area contributed by atoms with Gasteiger partial charge >= 0.3 is 0 Å². The van der Waals surface area contributed by atoms with Gasteiger partial charge in [0, 0.05) is 25.9 Å². The van der Waals surface area contributed by atoms with Crippen LogP contribution in [0.4, 0.5) is 11.7 Å². The third-order valence-electron chi connectivity index (χ3n) is 3.04. The fourth-order valence-electron chi connectivity index (χ4n) is 2.07. The lowest BCUT2D eigenvalue weighted by atomic mass is 10.2. The number of benzene rings is 1.